The number of benzene rings is 1. The normalized spacial score (nSPS) is 18.5. The van der Waals surface area contributed by atoms with E-state index in [1.54, 1.807) is 6.26 Å². The van der Waals surface area contributed by atoms with Gasteiger partial charge in [-0.3, -0.25) is 4.90 Å². The minimum atomic E-state index is 0.0298. The van der Waals surface area contributed by atoms with Crippen molar-refractivity contribution in [3.63, 3.8) is 0 Å². The number of nitrogens with one attached hydrogen (secondary N) is 1. The Bertz CT molecular complexity index is 1320. The van der Waals surface area contributed by atoms with E-state index in [4.69, 9.17) is 19.5 Å². The molecule has 0 spiro atoms. The first-order chi connectivity index (χ1) is 17.2. The van der Waals surface area contributed by atoms with Crippen LogP contribution in [0.2, 0.25) is 0 Å². The van der Waals surface area contributed by atoms with E-state index in [0.717, 1.165) is 56.1 Å². The molecule has 7 heteroatoms. The Morgan fingerprint density at radius 3 is 2.66 bits per heavy atom. The summed E-state index contributed by atoms with van der Waals surface area (Å²) >= 11 is 0. The molecule has 1 aliphatic carbocycles. The first-order valence-electron chi connectivity index (χ1n) is 12.7. The molecule has 0 bridgehead atoms. The Hall–Kier alpha value is -3.45. The lowest BCUT2D eigenvalue weighted by Gasteiger charge is -2.35. The SMILES string of the molecule is CC1(Nc2ncc(CN3CC=C(c4ccccc4)CC3)c3nc(-c4ccco4)nn23)CCCCC1. The third-order valence-electron chi connectivity index (χ3n) is 7.38. The van der Waals surface area contributed by atoms with Crippen molar-refractivity contribution in [1.82, 2.24) is 24.5 Å². The summed E-state index contributed by atoms with van der Waals surface area (Å²) in [6.45, 7) is 4.99. The quantitative estimate of drug-likeness (QED) is 0.385. The molecule has 0 unspecified atom stereocenters. The highest BCUT2D eigenvalue weighted by atomic mass is 16.3. The van der Waals surface area contributed by atoms with E-state index in [2.05, 4.69) is 53.5 Å². The van der Waals surface area contributed by atoms with E-state index in [1.807, 2.05) is 22.8 Å². The van der Waals surface area contributed by atoms with E-state index < -0.39 is 0 Å². The van der Waals surface area contributed by atoms with Gasteiger partial charge in [0.2, 0.25) is 11.8 Å². The fourth-order valence-electron chi connectivity index (χ4n) is 5.36. The number of aromatic nitrogens is 4. The van der Waals surface area contributed by atoms with E-state index in [9.17, 15) is 0 Å². The van der Waals surface area contributed by atoms with Crippen molar-refractivity contribution in [3.05, 3.63) is 72.1 Å². The molecule has 0 saturated heterocycles. The van der Waals surface area contributed by atoms with Gasteiger partial charge in [-0.25, -0.2) is 9.97 Å². The van der Waals surface area contributed by atoms with Crippen LogP contribution in [0.4, 0.5) is 5.95 Å². The Balaban J connectivity index is 1.29. The smallest absolute Gasteiger partial charge is 0.226 e. The van der Waals surface area contributed by atoms with Crippen LogP contribution in [0.3, 0.4) is 0 Å². The van der Waals surface area contributed by atoms with Gasteiger partial charge < -0.3 is 9.73 Å². The molecular formula is C28H32N6O. The fraction of sp³-hybridized carbons (Fsp3) is 0.393. The number of anilines is 1. The molecule has 4 aromatic rings. The van der Waals surface area contributed by atoms with Crippen LogP contribution in [0.1, 0.15) is 56.6 Å². The highest BCUT2D eigenvalue weighted by Crippen LogP contribution is 2.32. The molecule has 1 aromatic carbocycles. The topological polar surface area (TPSA) is 71.5 Å². The average molecular weight is 469 g/mol. The zero-order chi connectivity index (χ0) is 23.7. The average Bonchev–Trinajstić information content (AvgIpc) is 3.58. The van der Waals surface area contributed by atoms with Crippen LogP contribution in [-0.2, 0) is 6.54 Å². The summed E-state index contributed by atoms with van der Waals surface area (Å²) < 4.78 is 7.48. The van der Waals surface area contributed by atoms with Crippen LogP contribution in [0.5, 0.6) is 0 Å². The maximum atomic E-state index is 5.61. The number of hydrogen-bond donors (Lipinski definition) is 1. The van der Waals surface area contributed by atoms with Crippen molar-refractivity contribution in [2.75, 3.05) is 18.4 Å². The molecule has 7 nitrogen and oxygen atoms in total. The van der Waals surface area contributed by atoms with Gasteiger partial charge in [0.15, 0.2) is 11.4 Å². The van der Waals surface area contributed by atoms with Crippen LogP contribution in [0.15, 0.2) is 65.4 Å². The predicted octanol–water partition coefficient (Wildman–Crippen LogP) is 5.81. The van der Waals surface area contributed by atoms with Gasteiger partial charge in [0.25, 0.3) is 0 Å². The summed E-state index contributed by atoms with van der Waals surface area (Å²) in [5.41, 5.74) is 4.69. The summed E-state index contributed by atoms with van der Waals surface area (Å²) in [4.78, 5) is 12.2. The highest BCUT2D eigenvalue weighted by Gasteiger charge is 2.29. The predicted molar refractivity (Wildman–Crippen MR) is 138 cm³/mol. The summed E-state index contributed by atoms with van der Waals surface area (Å²) in [7, 11) is 0. The Labute approximate surface area is 205 Å². The number of fused-ring (bicyclic) bond motifs is 1. The van der Waals surface area contributed by atoms with Crippen molar-refractivity contribution in [3.8, 4) is 11.6 Å². The van der Waals surface area contributed by atoms with Gasteiger partial charge in [-0.1, -0.05) is 55.7 Å². The standard InChI is InChI=1S/C28H32N6O/c1-28(14-6-3-7-15-28)31-27-29-19-23(26-30-25(32-34(26)27)24-11-8-18-35-24)20-33-16-12-22(13-17-33)21-9-4-2-5-10-21/h2,4-5,8-12,18-19H,3,6-7,13-17,20H2,1H3,(H,29,31). The lowest BCUT2D eigenvalue weighted by Crippen LogP contribution is -2.38. The van der Waals surface area contributed by atoms with Gasteiger partial charge in [-0.15, -0.1) is 5.10 Å². The van der Waals surface area contributed by atoms with Gasteiger partial charge in [-0.2, -0.15) is 4.52 Å². The van der Waals surface area contributed by atoms with Crippen molar-refractivity contribution < 1.29 is 4.42 Å². The maximum Gasteiger partial charge on any atom is 0.226 e. The van der Waals surface area contributed by atoms with E-state index in [-0.39, 0.29) is 5.54 Å². The zero-order valence-electron chi connectivity index (χ0n) is 20.3. The van der Waals surface area contributed by atoms with Crippen molar-refractivity contribution in [2.45, 2.75) is 57.5 Å². The lowest BCUT2D eigenvalue weighted by atomic mass is 9.83. The van der Waals surface area contributed by atoms with Crippen LogP contribution in [0.25, 0.3) is 22.8 Å². The molecule has 0 atom stereocenters. The van der Waals surface area contributed by atoms with Gasteiger partial charge in [0.1, 0.15) is 0 Å². The molecule has 1 aliphatic heterocycles. The van der Waals surface area contributed by atoms with Gasteiger partial charge in [-0.05, 0) is 49.5 Å². The Morgan fingerprint density at radius 2 is 1.91 bits per heavy atom. The second-order valence-corrected chi connectivity index (χ2v) is 10.1. The third kappa shape index (κ3) is 4.60. The molecule has 2 aliphatic rings. The van der Waals surface area contributed by atoms with Crippen molar-refractivity contribution >= 4 is 17.2 Å². The molecule has 0 radical (unpaired) electrons. The molecule has 6 rings (SSSR count). The van der Waals surface area contributed by atoms with Crippen LogP contribution in [-0.4, -0.2) is 43.1 Å². The van der Waals surface area contributed by atoms with Gasteiger partial charge in [0.05, 0.1) is 6.26 Å². The first-order valence-corrected chi connectivity index (χ1v) is 12.7. The fourth-order valence-corrected chi connectivity index (χ4v) is 5.36. The summed E-state index contributed by atoms with van der Waals surface area (Å²) in [6.07, 6.45) is 13.1. The number of furan rings is 1. The summed E-state index contributed by atoms with van der Waals surface area (Å²) in [5.74, 6) is 2.01. The number of hydrogen-bond acceptors (Lipinski definition) is 6. The molecule has 3 aromatic heterocycles. The second kappa shape index (κ2) is 9.30. The molecule has 1 N–H and O–H groups in total. The molecule has 0 amide bonds. The zero-order valence-corrected chi connectivity index (χ0v) is 20.3. The van der Waals surface area contributed by atoms with E-state index in [1.165, 1.54) is 30.4 Å². The first kappa shape index (κ1) is 22.0. The summed E-state index contributed by atoms with van der Waals surface area (Å²) in [6, 6.07) is 14.4. The van der Waals surface area contributed by atoms with Crippen molar-refractivity contribution in [1.29, 1.82) is 0 Å². The molecule has 1 fully saturated rings. The summed E-state index contributed by atoms with van der Waals surface area (Å²) in [5, 5.41) is 8.52. The van der Waals surface area contributed by atoms with Crippen LogP contribution in [0, 0.1) is 0 Å². The molecule has 1 saturated carbocycles. The highest BCUT2D eigenvalue weighted by molar-refractivity contribution is 5.66. The molecular weight excluding hydrogens is 436 g/mol. The molecule has 35 heavy (non-hydrogen) atoms. The largest absolute Gasteiger partial charge is 0.461 e. The number of nitrogens with zero attached hydrogens (tertiary/aromatic N) is 5. The second-order valence-electron chi connectivity index (χ2n) is 10.1. The molecule has 180 valence electrons. The lowest BCUT2D eigenvalue weighted by molar-refractivity contribution is 0.294. The minimum Gasteiger partial charge on any atom is -0.461 e. The number of rotatable bonds is 6. The molecule has 4 heterocycles. The third-order valence-corrected chi connectivity index (χ3v) is 7.38. The Morgan fingerprint density at radius 1 is 1.06 bits per heavy atom. The van der Waals surface area contributed by atoms with Crippen molar-refractivity contribution in [2.24, 2.45) is 0 Å². The van der Waals surface area contributed by atoms with E-state index in [0.29, 0.717) is 11.6 Å². The van der Waals surface area contributed by atoms with Gasteiger partial charge in [0, 0.05) is 36.9 Å². The minimum absolute atomic E-state index is 0.0298. The van der Waals surface area contributed by atoms with Crippen LogP contribution >= 0.6 is 0 Å². The van der Waals surface area contributed by atoms with Gasteiger partial charge >= 0.3 is 0 Å². The monoisotopic (exact) mass is 468 g/mol. The van der Waals surface area contributed by atoms with Crippen LogP contribution < -0.4 is 5.32 Å². The van der Waals surface area contributed by atoms with E-state index >= 15 is 0 Å². The Kier molecular flexibility index (Phi) is 5.86. The maximum absolute atomic E-state index is 5.61.